The molecule has 4 heterocycles. The fraction of sp³-hybridized carbons (Fsp3) is 0.632. The molecule has 12 nitrogen and oxygen atoms in total. The summed E-state index contributed by atoms with van der Waals surface area (Å²) in [4.78, 5) is 18.7. The van der Waals surface area contributed by atoms with E-state index < -0.39 is 17.0 Å². The maximum absolute atomic E-state index is 17.1. The lowest BCUT2D eigenvalue weighted by atomic mass is 9.68. The normalized spacial score (nSPS) is 28.3. The van der Waals surface area contributed by atoms with E-state index in [9.17, 15) is 10.2 Å². The maximum atomic E-state index is 17.1. The summed E-state index contributed by atoms with van der Waals surface area (Å²) in [5.74, 6) is -0.134. The van der Waals surface area contributed by atoms with Crippen molar-refractivity contribution in [3.8, 4) is 23.1 Å². The third kappa shape index (κ3) is 6.57. The number of hydrogen-bond acceptors (Lipinski definition) is 12. The van der Waals surface area contributed by atoms with Crippen LogP contribution in [0.25, 0.3) is 22.2 Å². The van der Waals surface area contributed by atoms with Crippen LogP contribution in [-0.4, -0.2) is 106 Å². The third-order valence-electron chi connectivity index (χ3n) is 12.0. The molecule has 7 rings (SSSR count). The van der Waals surface area contributed by atoms with Gasteiger partial charge in [0, 0.05) is 47.1 Å². The number of aryl methyl sites for hydroxylation is 1. The first kappa shape index (κ1) is 37.0. The zero-order chi connectivity index (χ0) is 37.2. The van der Waals surface area contributed by atoms with Crippen molar-refractivity contribution in [2.75, 3.05) is 57.2 Å². The van der Waals surface area contributed by atoms with Gasteiger partial charge in [0.05, 0.1) is 44.1 Å². The molecule has 1 aromatic carbocycles. The molecular formula is C38H51ClFN7O5. The van der Waals surface area contributed by atoms with Crippen LogP contribution >= 0.6 is 11.6 Å². The van der Waals surface area contributed by atoms with Crippen LogP contribution in [0.15, 0.2) is 6.07 Å². The van der Waals surface area contributed by atoms with Gasteiger partial charge in [0.15, 0.2) is 5.82 Å². The molecule has 2 saturated heterocycles. The molecule has 2 aliphatic carbocycles. The van der Waals surface area contributed by atoms with Gasteiger partial charge >= 0.3 is 6.01 Å². The van der Waals surface area contributed by atoms with Crippen LogP contribution in [0.2, 0.25) is 5.02 Å². The van der Waals surface area contributed by atoms with Crippen LogP contribution in [0.4, 0.5) is 15.9 Å². The van der Waals surface area contributed by atoms with Crippen LogP contribution < -0.4 is 20.1 Å². The van der Waals surface area contributed by atoms with Crippen LogP contribution in [0.3, 0.4) is 0 Å². The first-order chi connectivity index (χ1) is 24.7. The van der Waals surface area contributed by atoms with Crippen LogP contribution in [0.5, 0.6) is 11.9 Å². The Balaban J connectivity index is 1.31. The summed E-state index contributed by atoms with van der Waals surface area (Å²) in [5, 5.41) is 30.3. The number of hydrogen-bond donors (Lipinski definition) is 4. The van der Waals surface area contributed by atoms with Gasteiger partial charge in [-0.2, -0.15) is 9.97 Å². The van der Waals surface area contributed by atoms with Crippen LogP contribution in [0.1, 0.15) is 76.8 Å². The minimum absolute atomic E-state index is 0.00966. The van der Waals surface area contributed by atoms with E-state index in [-0.39, 0.29) is 68.9 Å². The Kier molecular flexibility index (Phi) is 9.82. The number of likely N-dealkylation sites (tertiary alicyclic amines) is 1. The average Bonchev–Trinajstić information content (AvgIpc) is 3.42. The van der Waals surface area contributed by atoms with Crippen molar-refractivity contribution >= 4 is 40.2 Å². The zero-order valence-corrected chi connectivity index (χ0v) is 31.5. The first-order valence-electron chi connectivity index (χ1n) is 18.4. The van der Waals surface area contributed by atoms with Gasteiger partial charge in [-0.05, 0) is 90.3 Å². The number of benzene rings is 1. The van der Waals surface area contributed by atoms with Crippen molar-refractivity contribution in [3.05, 3.63) is 28.0 Å². The van der Waals surface area contributed by atoms with Gasteiger partial charge in [-0.3, -0.25) is 4.90 Å². The van der Waals surface area contributed by atoms with E-state index in [1.807, 2.05) is 18.7 Å². The fourth-order valence-electron chi connectivity index (χ4n) is 9.13. The molecule has 0 spiro atoms. The standard InChI is InChI=1S/C38H51ClFN7O5/c1-21-14-25(42)24(17-41)27(29(21)39)31-30(40)32-28(34(43-31)50-5)33(46-12-13-51-19-37(4,49)18-46)45-35(44-32)52-20-38-9-6-8-26(38)47(11-7-10-38)23-15-22(16-23)36(2,3)48/h14,17,22-23,26,41,48-49H,6-13,15-16,18-20,42H2,1-5H3/t22?,23?,26-,37+,38-/m1/s1. The number of aromatic nitrogens is 3. The Bertz CT molecular complexity index is 1870. The Morgan fingerprint density at radius 1 is 1.21 bits per heavy atom. The number of halogens is 2. The smallest absolute Gasteiger partial charge is 0.319 e. The number of nitrogens with zero attached hydrogens (tertiary/aromatic N) is 5. The maximum Gasteiger partial charge on any atom is 0.319 e. The van der Waals surface area contributed by atoms with E-state index in [4.69, 9.17) is 46.9 Å². The summed E-state index contributed by atoms with van der Waals surface area (Å²) in [6, 6.07) is 2.44. The predicted octanol–water partition coefficient (Wildman–Crippen LogP) is 5.53. The Hall–Kier alpha value is -3.36. The number of piperidine rings is 1. The minimum atomic E-state index is -1.22. The Morgan fingerprint density at radius 2 is 1.96 bits per heavy atom. The number of aliphatic hydroxyl groups is 2. The van der Waals surface area contributed by atoms with Crippen LogP contribution in [-0.2, 0) is 4.74 Å². The second-order valence-electron chi connectivity index (χ2n) is 16.2. The summed E-state index contributed by atoms with van der Waals surface area (Å²) in [6.07, 6.45) is 8.26. The number of nitrogens with two attached hydrogens (primary N) is 1. The van der Waals surface area contributed by atoms with Crippen molar-refractivity contribution in [1.82, 2.24) is 19.9 Å². The molecule has 2 aromatic heterocycles. The summed E-state index contributed by atoms with van der Waals surface area (Å²) >= 11 is 6.77. The molecule has 0 radical (unpaired) electrons. The number of pyridine rings is 1. The third-order valence-corrected chi connectivity index (χ3v) is 12.5. The predicted molar refractivity (Wildman–Crippen MR) is 199 cm³/mol. The second-order valence-corrected chi connectivity index (χ2v) is 16.6. The fourth-order valence-corrected chi connectivity index (χ4v) is 9.38. The van der Waals surface area contributed by atoms with Crippen LogP contribution in [0, 0.1) is 29.5 Å². The lowest BCUT2D eigenvalue weighted by Crippen LogP contribution is -2.60. The van der Waals surface area contributed by atoms with Crippen molar-refractivity contribution in [3.63, 3.8) is 0 Å². The quantitative estimate of drug-likeness (QED) is 0.161. The first-order valence-corrected chi connectivity index (χ1v) is 18.7. The Labute approximate surface area is 309 Å². The number of ether oxygens (including phenoxy) is 3. The van der Waals surface area contributed by atoms with E-state index in [0.717, 1.165) is 57.7 Å². The molecule has 0 bridgehead atoms. The summed E-state index contributed by atoms with van der Waals surface area (Å²) in [6.45, 7) is 9.61. The number of nitrogens with one attached hydrogen (secondary N) is 1. The number of fused-ring (bicyclic) bond motifs is 2. The minimum Gasteiger partial charge on any atom is -0.480 e. The molecule has 2 saturated carbocycles. The molecule has 5 N–H and O–H groups in total. The molecule has 2 aliphatic heterocycles. The van der Waals surface area contributed by atoms with E-state index in [2.05, 4.69) is 9.88 Å². The largest absolute Gasteiger partial charge is 0.480 e. The number of anilines is 2. The highest BCUT2D eigenvalue weighted by Crippen LogP contribution is 2.52. The number of nitrogen functional groups attached to an aromatic ring is 1. The summed E-state index contributed by atoms with van der Waals surface area (Å²) in [7, 11) is 1.43. The molecule has 3 aromatic rings. The summed E-state index contributed by atoms with van der Waals surface area (Å²) in [5.41, 5.74) is 5.29. The summed E-state index contributed by atoms with van der Waals surface area (Å²) < 4.78 is 35.2. The number of methoxy groups -OCH3 is 1. The molecule has 14 heteroatoms. The second kappa shape index (κ2) is 13.8. The molecule has 4 aliphatic rings. The lowest BCUT2D eigenvalue weighted by molar-refractivity contribution is -0.0970. The average molecular weight is 740 g/mol. The monoisotopic (exact) mass is 739 g/mol. The SMILES string of the molecule is COc1nc(-c2c(Cl)c(C)cc(N)c2C=N)c(F)c2nc(OC[C@]34CCC[C@H]3N(C3CC(C(C)(C)O)C3)CCC4)nc(N3CCOC[C@@](C)(O)C3)c12. The highest BCUT2D eigenvalue weighted by atomic mass is 35.5. The van der Waals surface area contributed by atoms with Crippen molar-refractivity contribution in [2.45, 2.75) is 95.9 Å². The van der Waals surface area contributed by atoms with E-state index >= 15 is 4.39 Å². The van der Waals surface area contributed by atoms with Gasteiger partial charge < -0.3 is 40.5 Å². The number of rotatable bonds is 9. The molecule has 0 unspecified atom stereocenters. The van der Waals surface area contributed by atoms with Crippen molar-refractivity contribution in [2.24, 2.45) is 11.3 Å². The van der Waals surface area contributed by atoms with Gasteiger partial charge in [0.1, 0.15) is 28.0 Å². The highest BCUT2D eigenvalue weighted by Gasteiger charge is 2.53. The van der Waals surface area contributed by atoms with Gasteiger partial charge in [-0.15, -0.1) is 0 Å². The van der Waals surface area contributed by atoms with Gasteiger partial charge in [0.25, 0.3) is 0 Å². The van der Waals surface area contributed by atoms with Gasteiger partial charge in [-0.1, -0.05) is 18.0 Å². The molecule has 3 atom stereocenters. The lowest BCUT2D eigenvalue weighted by Gasteiger charge is -2.55. The molecule has 0 amide bonds. The Morgan fingerprint density at radius 3 is 2.67 bits per heavy atom. The zero-order valence-electron chi connectivity index (χ0n) is 30.8. The molecule has 4 fully saturated rings. The van der Waals surface area contributed by atoms with E-state index in [1.165, 1.54) is 7.11 Å². The van der Waals surface area contributed by atoms with E-state index in [1.54, 1.807) is 19.9 Å². The van der Waals surface area contributed by atoms with Crippen molar-refractivity contribution < 1.29 is 28.8 Å². The van der Waals surface area contributed by atoms with Gasteiger partial charge in [0.2, 0.25) is 5.88 Å². The topological polar surface area (TPSA) is 163 Å². The number of β-amino-alcohol motifs (C(OH)–C–C–N with tert-alkyl or cyclic N) is 1. The molecule has 282 valence electrons. The van der Waals surface area contributed by atoms with Gasteiger partial charge in [-0.25, -0.2) is 9.37 Å². The van der Waals surface area contributed by atoms with E-state index in [0.29, 0.717) is 49.1 Å². The highest BCUT2D eigenvalue weighted by molar-refractivity contribution is 6.35. The molecule has 52 heavy (non-hydrogen) atoms. The molecular weight excluding hydrogens is 689 g/mol. The van der Waals surface area contributed by atoms with Crippen molar-refractivity contribution in [1.29, 1.82) is 5.41 Å².